The minimum atomic E-state index is 0.200. The molecule has 0 aliphatic rings. The fraction of sp³-hybridized carbons (Fsp3) is 0.429. The summed E-state index contributed by atoms with van der Waals surface area (Å²) in [7, 11) is 1.59. The van der Waals surface area contributed by atoms with Crippen LogP contribution in [0.4, 0.5) is 0 Å². The Kier molecular flexibility index (Phi) is 4.88. The van der Waals surface area contributed by atoms with Gasteiger partial charge in [-0.15, -0.1) is 0 Å². The number of phenolic OH excluding ortho intramolecular Hbond substituents is 1. The van der Waals surface area contributed by atoms with Gasteiger partial charge in [0.25, 0.3) is 0 Å². The quantitative estimate of drug-likeness (QED) is 0.850. The number of aromatic hydroxyl groups is 1. The topological polar surface area (TPSA) is 38.7 Å². The second-order valence-corrected chi connectivity index (χ2v) is 4.10. The highest BCUT2D eigenvalue weighted by molar-refractivity contribution is 5.63. The van der Waals surface area contributed by atoms with E-state index in [0.717, 1.165) is 5.56 Å². The normalized spacial score (nSPS) is 11.1. The summed E-state index contributed by atoms with van der Waals surface area (Å²) in [5.74, 6) is 1.83. The first-order valence-electron chi connectivity index (χ1n) is 5.80. The van der Waals surface area contributed by atoms with Gasteiger partial charge in [-0.05, 0) is 18.9 Å². The van der Waals surface area contributed by atoms with Crippen molar-refractivity contribution in [2.24, 2.45) is 5.92 Å². The number of hydrogen-bond donors (Lipinski definition) is 1. The van der Waals surface area contributed by atoms with Gasteiger partial charge in [-0.2, -0.15) is 0 Å². The van der Waals surface area contributed by atoms with E-state index in [1.807, 2.05) is 19.1 Å². The van der Waals surface area contributed by atoms with E-state index in [2.05, 4.69) is 13.8 Å². The number of hydrogen-bond acceptors (Lipinski definition) is 3. The molecule has 1 aromatic rings. The minimum Gasteiger partial charge on any atom is -0.507 e. The van der Waals surface area contributed by atoms with E-state index in [1.165, 1.54) is 0 Å². The Morgan fingerprint density at radius 3 is 2.53 bits per heavy atom. The Bertz CT molecular complexity index is 395. The third-order valence-electron chi connectivity index (χ3n) is 2.27. The Morgan fingerprint density at radius 1 is 1.29 bits per heavy atom. The molecule has 0 atom stereocenters. The molecule has 0 unspecified atom stereocenters. The molecule has 0 aliphatic carbocycles. The number of ether oxygens (including phenoxy) is 2. The van der Waals surface area contributed by atoms with Crippen molar-refractivity contribution < 1.29 is 14.6 Å². The summed E-state index contributed by atoms with van der Waals surface area (Å²) in [6.07, 6.45) is 3.91. The lowest BCUT2D eigenvalue weighted by molar-refractivity contribution is 0.308. The summed E-state index contributed by atoms with van der Waals surface area (Å²) in [5.41, 5.74) is 0.735. The zero-order valence-electron chi connectivity index (χ0n) is 10.9. The van der Waals surface area contributed by atoms with E-state index in [0.29, 0.717) is 24.0 Å². The van der Waals surface area contributed by atoms with Crippen molar-refractivity contribution in [2.75, 3.05) is 13.7 Å². The lowest BCUT2D eigenvalue weighted by atomic mass is 10.1. The second kappa shape index (κ2) is 6.18. The molecular weight excluding hydrogens is 216 g/mol. The van der Waals surface area contributed by atoms with Crippen molar-refractivity contribution in [3.63, 3.8) is 0 Å². The van der Waals surface area contributed by atoms with Gasteiger partial charge in [0.15, 0.2) is 11.5 Å². The summed E-state index contributed by atoms with van der Waals surface area (Å²) in [4.78, 5) is 0. The van der Waals surface area contributed by atoms with Crippen LogP contribution < -0.4 is 9.47 Å². The molecule has 0 spiro atoms. The van der Waals surface area contributed by atoms with E-state index < -0.39 is 0 Å². The number of phenols is 1. The summed E-state index contributed by atoms with van der Waals surface area (Å²) in [5, 5.41) is 9.86. The molecule has 17 heavy (non-hydrogen) atoms. The van der Waals surface area contributed by atoms with Crippen molar-refractivity contribution in [3.8, 4) is 17.2 Å². The Balaban J connectivity index is 3.08. The third kappa shape index (κ3) is 3.70. The summed E-state index contributed by atoms with van der Waals surface area (Å²) < 4.78 is 10.6. The van der Waals surface area contributed by atoms with Crippen LogP contribution in [0, 0.1) is 5.92 Å². The smallest absolute Gasteiger partial charge is 0.164 e. The largest absolute Gasteiger partial charge is 0.507 e. The van der Waals surface area contributed by atoms with E-state index in [9.17, 15) is 5.11 Å². The number of methoxy groups -OCH3 is 1. The van der Waals surface area contributed by atoms with Crippen LogP contribution in [-0.2, 0) is 0 Å². The molecule has 0 saturated carbocycles. The molecule has 0 aliphatic heterocycles. The average molecular weight is 236 g/mol. The summed E-state index contributed by atoms with van der Waals surface area (Å²) in [6, 6.07) is 3.36. The van der Waals surface area contributed by atoms with Crippen LogP contribution >= 0.6 is 0 Å². The van der Waals surface area contributed by atoms with Crippen LogP contribution in [0.2, 0.25) is 0 Å². The highest BCUT2D eigenvalue weighted by Gasteiger charge is 2.09. The maximum absolute atomic E-state index is 9.86. The standard InChI is InChI=1S/C14H20O3/c1-5-17-14-9-12(15)11(7-6-10(2)3)8-13(14)16-4/h6-10,15H,5H2,1-4H3. The molecule has 0 radical (unpaired) electrons. The monoisotopic (exact) mass is 236 g/mol. The van der Waals surface area contributed by atoms with Crippen molar-refractivity contribution >= 4 is 6.08 Å². The lowest BCUT2D eigenvalue weighted by Crippen LogP contribution is -1.95. The molecule has 0 fully saturated rings. The van der Waals surface area contributed by atoms with Gasteiger partial charge in [0, 0.05) is 11.6 Å². The van der Waals surface area contributed by atoms with E-state index in [-0.39, 0.29) is 5.75 Å². The minimum absolute atomic E-state index is 0.200. The summed E-state index contributed by atoms with van der Waals surface area (Å²) >= 11 is 0. The zero-order valence-corrected chi connectivity index (χ0v) is 10.9. The first kappa shape index (κ1) is 13.4. The van der Waals surface area contributed by atoms with Gasteiger partial charge in [-0.25, -0.2) is 0 Å². The van der Waals surface area contributed by atoms with Crippen LogP contribution in [0.5, 0.6) is 17.2 Å². The van der Waals surface area contributed by atoms with Crippen LogP contribution in [0.25, 0.3) is 6.08 Å². The molecule has 94 valence electrons. The molecule has 0 aromatic heterocycles. The molecule has 3 nitrogen and oxygen atoms in total. The van der Waals surface area contributed by atoms with Crippen LogP contribution in [-0.4, -0.2) is 18.8 Å². The maximum Gasteiger partial charge on any atom is 0.164 e. The van der Waals surface area contributed by atoms with Gasteiger partial charge in [0.05, 0.1) is 13.7 Å². The predicted octanol–water partition coefficient (Wildman–Crippen LogP) is 3.47. The van der Waals surface area contributed by atoms with E-state index in [4.69, 9.17) is 9.47 Å². The van der Waals surface area contributed by atoms with E-state index in [1.54, 1.807) is 19.2 Å². The predicted molar refractivity (Wildman–Crippen MR) is 69.7 cm³/mol. The molecule has 1 N–H and O–H groups in total. The first-order valence-corrected chi connectivity index (χ1v) is 5.80. The Morgan fingerprint density at radius 2 is 2.00 bits per heavy atom. The van der Waals surface area contributed by atoms with Gasteiger partial charge in [0.2, 0.25) is 0 Å². The second-order valence-electron chi connectivity index (χ2n) is 4.10. The third-order valence-corrected chi connectivity index (χ3v) is 2.27. The lowest BCUT2D eigenvalue weighted by Gasteiger charge is -2.11. The number of allylic oxidation sites excluding steroid dienone is 1. The number of rotatable bonds is 5. The zero-order chi connectivity index (χ0) is 12.8. The molecule has 0 heterocycles. The fourth-order valence-electron chi connectivity index (χ4n) is 1.42. The summed E-state index contributed by atoms with van der Waals surface area (Å²) in [6.45, 7) is 6.60. The van der Waals surface area contributed by atoms with Crippen LogP contribution in [0.15, 0.2) is 18.2 Å². The van der Waals surface area contributed by atoms with Crippen molar-refractivity contribution in [2.45, 2.75) is 20.8 Å². The highest BCUT2D eigenvalue weighted by Crippen LogP contribution is 2.35. The molecule has 0 saturated heterocycles. The molecular formula is C14H20O3. The number of benzene rings is 1. The first-order chi connectivity index (χ1) is 8.08. The van der Waals surface area contributed by atoms with Crippen molar-refractivity contribution in [3.05, 3.63) is 23.8 Å². The molecule has 0 amide bonds. The SMILES string of the molecule is CCOc1cc(O)c(C=CC(C)C)cc1OC. The molecule has 1 rings (SSSR count). The maximum atomic E-state index is 9.86. The molecule has 1 aromatic carbocycles. The highest BCUT2D eigenvalue weighted by atomic mass is 16.5. The van der Waals surface area contributed by atoms with Gasteiger partial charge in [-0.1, -0.05) is 26.0 Å². The van der Waals surface area contributed by atoms with Gasteiger partial charge in [0.1, 0.15) is 5.75 Å². The Hall–Kier alpha value is -1.64. The van der Waals surface area contributed by atoms with Crippen LogP contribution in [0.1, 0.15) is 26.3 Å². The molecule has 3 heteroatoms. The van der Waals surface area contributed by atoms with Crippen molar-refractivity contribution in [1.29, 1.82) is 0 Å². The Labute approximate surface area is 103 Å². The van der Waals surface area contributed by atoms with E-state index >= 15 is 0 Å². The van der Waals surface area contributed by atoms with Gasteiger partial charge in [-0.3, -0.25) is 0 Å². The van der Waals surface area contributed by atoms with Gasteiger partial charge >= 0.3 is 0 Å². The molecule has 0 bridgehead atoms. The average Bonchev–Trinajstić information content (AvgIpc) is 2.28. The van der Waals surface area contributed by atoms with Crippen LogP contribution in [0.3, 0.4) is 0 Å². The van der Waals surface area contributed by atoms with Gasteiger partial charge < -0.3 is 14.6 Å². The van der Waals surface area contributed by atoms with Crippen molar-refractivity contribution in [1.82, 2.24) is 0 Å². The fourth-order valence-corrected chi connectivity index (χ4v) is 1.42.